The predicted molar refractivity (Wildman–Crippen MR) is 194 cm³/mol. The van der Waals surface area contributed by atoms with Gasteiger partial charge in [-0.2, -0.15) is 0 Å². The first kappa shape index (κ1) is 36.0. The minimum atomic E-state index is -1.15. The molecule has 0 fully saturated rings. The van der Waals surface area contributed by atoms with Crippen molar-refractivity contribution in [2.45, 2.75) is 70.9 Å². The Morgan fingerprint density at radius 3 is 2.10 bits per heavy atom. The Balaban J connectivity index is 1.11. The summed E-state index contributed by atoms with van der Waals surface area (Å²) in [5.74, 6) is -0.464. The molecule has 9 nitrogen and oxygen atoms in total. The van der Waals surface area contributed by atoms with Crippen molar-refractivity contribution in [2.24, 2.45) is 0 Å². The number of ether oxygens (including phenoxy) is 3. The molecule has 0 aliphatic heterocycles. The van der Waals surface area contributed by atoms with E-state index in [0.717, 1.165) is 69.5 Å². The monoisotopic (exact) mass is 678 g/mol. The van der Waals surface area contributed by atoms with Crippen molar-refractivity contribution in [1.82, 2.24) is 10.6 Å². The van der Waals surface area contributed by atoms with Crippen LogP contribution in [0.5, 0.6) is 5.75 Å². The second kappa shape index (κ2) is 16.4. The van der Waals surface area contributed by atoms with Crippen LogP contribution in [0.4, 0.5) is 9.59 Å². The molecule has 1 aliphatic carbocycles. The minimum absolute atomic E-state index is 0.109. The molecular weight excluding hydrogens is 632 g/mol. The van der Waals surface area contributed by atoms with E-state index in [1.54, 1.807) is 0 Å². The molecular formula is C41H46N2O7. The normalized spacial score (nSPS) is 12.7. The van der Waals surface area contributed by atoms with Gasteiger partial charge in [-0.05, 0) is 96.7 Å². The number of aliphatic carboxylic acids is 1. The van der Waals surface area contributed by atoms with Gasteiger partial charge >= 0.3 is 18.2 Å². The first-order valence-corrected chi connectivity index (χ1v) is 17.2. The van der Waals surface area contributed by atoms with Crippen molar-refractivity contribution < 1.29 is 33.7 Å². The molecule has 0 heterocycles. The Morgan fingerprint density at radius 2 is 1.48 bits per heavy atom. The average Bonchev–Trinajstić information content (AvgIpc) is 3.41. The summed E-state index contributed by atoms with van der Waals surface area (Å²) in [7, 11) is 0. The van der Waals surface area contributed by atoms with Crippen LogP contribution in [0.25, 0.3) is 22.3 Å². The Morgan fingerprint density at radius 1 is 0.820 bits per heavy atom. The summed E-state index contributed by atoms with van der Waals surface area (Å²) in [4.78, 5) is 36.7. The van der Waals surface area contributed by atoms with Crippen LogP contribution in [-0.2, 0) is 27.1 Å². The number of carboxylic acid groups (broad SMARTS) is 1. The van der Waals surface area contributed by atoms with E-state index in [2.05, 4.69) is 29.7 Å². The lowest BCUT2D eigenvalue weighted by Gasteiger charge is -2.19. The van der Waals surface area contributed by atoms with E-state index in [1.165, 1.54) is 0 Å². The van der Waals surface area contributed by atoms with E-state index in [9.17, 15) is 19.5 Å². The number of hydrogen-bond acceptors (Lipinski definition) is 6. The third-order valence-electron chi connectivity index (χ3n) is 8.60. The molecule has 0 spiro atoms. The number of carbonyl (C=O) groups excluding carboxylic acids is 2. The molecule has 4 aromatic carbocycles. The SMILES string of the molecule is CCc1cc(OCCCCNC(=O)OC(C)(C)C)ccc1-c1ccc(C[C@H](NC(=O)OCC2c3ccccc3-c3ccccc32)C(=O)O)cc1. The fourth-order valence-electron chi connectivity index (χ4n) is 6.19. The standard InChI is InChI=1S/C41H46N2O7/c1-5-28-25-30(48-23-11-10-22-42-39(46)50-41(2,3)4)20-21-31(28)29-18-16-27(17-19-29)24-37(38(44)45)43-40(47)49-26-36-34-14-8-6-12-32(34)33-13-7-9-15-35(33)36/h6-9,12-21,25,36-37H,5,10-11,22-24,26H2,1-4H3,(H,42,46)(H,43,47)(H,44,45)/t37-/m0/s1. The first-order valence-electron chi connectivity index (χ1n) is 17.2. The molecule has 0 saturated heterocycles. The fraction of sp³-hybridized carbons (Fsp3) is 0.341. The summed E-state index contributed by atoms with van der Waals surface area (Å²) < 4.78 is 16.8. The third kappa shape index (κ3) is 9.43. The van der Waals surface area contributed by atoms with Crippen LogP contribution in [-0.4, -0.2) is 54.7 Å². The largest absolute Gasteiger partial charge is 0.494 e. The summed E-state index contributed by atoms with van der Waals surface area (Å²) in [5.41, 5.74) is 7.88. The number of carboxylic acids is 1. The van der Waals surface area contributed by atoms with Gasteiger partial charge < -0.3 is 30.0 Å². The molecule has 5 rings (SSSR count). The number of alkyl carbamates (subject to hydrolysis) is 2. The maximum absolute atomic E-state index is 12.8. The average molecular weight is 679 g/mol. The Labute approximate surface area is 294 Å². The van der Waals surface area contributed by atoms with E-state index >= 15 is 0 Å². The van der Waals surface area contributed by atoms with Gasteiger partial charge in [0.2, 0.25) is 0 Å². The number of fused-ring (bicyclic) bond motifs is 3. The van der Waals surface area contributed by atoms with Gasteiger partial charge in [0, 0.05) is 18.9 Å². The van der Waals surface area contributed by atoms with Gasteiger partial charge in [0.25, 0.3) is 0 Å². The zero-order valence-electron chi connectivity index (χ0n) is 29.2. The number of rotatable bonds is 14. The molecule has 50 heavy (non-hydrogen) atoms. The number of benzene rings is 4. The summed E-state index contributed by atoms with van der Waals surface area (Å²) in [6.45, 7) is 8.75. The van der Waals surface area contributed by atoms with E-state index in [-0.39, 0.29) is 18.9 Å². The minimum Gasteiger partial charge on any atom is -0.494 e. The van der Waals surface area contributed by atoms with Crippen LogP contribution < -0.4 is 15.4 Å². The van der Waals surface area contributed by atoms with Gasteiger partial charge in [0.05, 0.1) is 6.61 Å². The molecule has 0 saturated carbocycles. The maximum Gasteiger partial charge on any atom is 0.407 e. The number of aryl methyl sites for hydroxylation is 1. The second-order valence-electron chi connectivity index (χ2n) is 13.4. The van der Waals surface area contributed by atoms with Crippen LogP contribution in [0.2, 0.25) is 0 Å². The molecule has 3 N–H and O–H groups in total. The quantitative estimate of drug-likeness (QED) is 0.115. The van der Waals surface area contributed by atoms with Crippen LogP contribution in [0.3, 0.4) is 0 Å². The highest BCUT2D eigenvalue weighted by molar-refractivity contribution is 5.81. The molecule has 1 atom stereocenters. The molecule has 9 heteroatoms. The Hall–Kier alpha value is -5.31. The predicted octanol–water partition coefficient (Wildman–Crippen LogP) is 8.13. The lowest BCUT2D eigenvalue weighted by Crippen LogP contribution is -2.42. The Kier molecular flexibility index (Phi) is 11.8. The zero-order valence-corrected chi connectivity index (χ0v) is 29.2. The molecule has 0 unspecified atom stereocenters. The van der Waals surface area contributed by atoms with Crippen LogP contribution in [0.1, 0.15) is 68.7 Å². The van der Waals surface area contributed by atoms with Crippen LogP contribution >= 0.6 is 0 Å². The van der Waals surface area contributed by atoms with E-state index < -0.39 is 29.8 Å². The molecule has 2 amide bonds. The molecule has 0 bridgehead atoms. The molecule has 4 aromatic rings. The molecule has 0 radical (unpaired) electrons. The Bertz CT molecular complexity index is 1750. The van der Waals surface area contributed by atoms with Gasteiger partial charge in [-0.15, -0.1) is 0 Å². The first-order chi connectivity index (χ1) is 24.0. The summed E-state index contributed by atoms with van der Waals surface area (Å²) in [6.07, 6.45) is 1.30. The van der Waals surface area contributed by atoms with Gasteiger partial charge in [-0.3, -0.25) is 0 Å². The summed E-state index contributed by atoms with van der Waals surface area (Å²) in [6, 6.07) is 28.7. The van der Waals surface area contributed by atoms with Crippen molar-refractivity contribution in [3.63, 3.8) is 0 Å². The van der Waals surface area contributed by atoms with Gasteiger partial charge in [-0.25, -0.2) is 14.4 Å². The highest BCUT2D eigenvalue weighted by Gasteiger charge is 2.30. The smallest absolute Gasteiger partial charge is 0.407 e. The topological polar surface area (TPSA) is 123 Å². The molecule has 0 aromatic heterocycles. The fourth-order valence-corrected chi connectivity index (χ4v) is 6.19. The van der Waals surface area contributed by atoms with Crippen LogP contribution in [0, 0.1) is 0 Å². The number of carbonyl (C=O) groups is 3. The number of amides is 2. The zero-order chi connectivity index (χ0) is 35.7. The summed E-state index contributed by atoms with van der Waals surface area (Å²) >= 11 is 0. The molecule has 262 valence electrons. The van der Waals surface area contributed by atoms with E-state index in [4.69, 9.17) is 14.2 Å². The van der Waals surface area contributed by atoms with E-state index in [0.29, 0.717) is 13.2 Å². The lowest BCUT2D eigenvalue weighted by atomic mass is 9.96. The number of unbranched alkanes of at least 4 members (excludes halogenated alkanes) is 1. The van der Waals surface area contributed by atoms with E-state index in [1.807, 2.05) is 99.6 Å². The van der Waals surface area contributed by atoms with Crippen LogP contribution in [0.15, 0.2) is 91.0 Å². The van der Waals surface area contributed by atoms with Gasteiger partial charge in [0.15, 0.2) is 0 Å². The lowest BCUT2D eigenvalue weighted by molar-refractivity contribution is -0.139. The second-order valence-corrected chi connectivity index (χ2v) is 13.4. The maximum atomic E-state index is 12.8. The number of hydrogen-bond donors (Lipinski definition) is 3. The van der Waals surface area contributed by atoms with Crippen molar-refractivity contribution >= 4 is 18.2 Å². The highest BCUT2D eigenvalue weighted by Crippen LogP contribution is 2.44. The van der Waals surface area contributed by atoms with Gasteiger partial charge in [0.1, 0.15) is 24.0 Å². The van der Waals surface area contributed by atoms with Crippen molar-refractivity contribution in [1.29, 1.82) is 0 Å². The van der Waals surface area contributed by atoms with Crippen molar-refractivity contribution in [2.75, 3.05) is 19.8 Å². The van der Waals surface area contributed by atoms with Gasteiger partial charge in [-0.1, -0.05) is 85.8 Å². The summed E-state index contributed by atoms with van der Waals surface area (Å²) in [5, 5.41) is 15.2. The highest BCUT2D eigenvalue weighted by atomic mass is 16.6. The molecule has 1 aliphatic rings. The number of nitrogens with one attached hydrogen (secondary N) is 2. The third-order valence-corrected chi connectivity index (χ3v) is 8.60. The van der Waals surface area contributed by atoms with Crippen molar-refractivity contribution in [3.05, 3.63) is 113 Å². The van der Waals surface area contributed by atoms with Crippen molar-refractivity contribution in [3.8, 4) is 28.0 Å².